The molecule has 3 atom stereocenters. The number of hydrogen-bond acceptors (Lipinski definition) is 4. The first-order valence-electron chi connectivity index (χ1n) is 8.60. The third kappa shape index (κ3) is 7.89. The molecule has 2 N–H and O–H groups in total. The minimum Gasteiger partial charge on any atom is -0.490 e. The van der Waals surface area contributed by atoms with Gasteiger partial charge in [-0.25, -0.2) is 0 Å². The Labute approximate surface area is 170 Å². The van der Waals surface area contributed by atoms with E-state index in [1.54, 1.807) is 19.4 Å². The van der Waals surface area contributed by atoms with E-state index in [9.17, 15) is 4.21 Å². The van der Waals surface area contributed by atoms with Gasteiger partial charge in [0.25, 0.3) is 0 Å². The average molecular weight is 480 g/mol. The van der Waals surface area contributed by atoms with Crippen molar-refractivity contribution in [2.45, 2.75) is 43.9 Å². The van der Waals surface area contributed by atoms with E-state index in [1.165, 1.54) is 0 Å². The third-order valence-electron chi connectivity index (χ3n) is 4.14. The number of guanidine groups is 1. The number of nitrogens with zero attached hydrogens (tertiary/aromatic N) is 2. The van der Waals surface area contributed by atoms with Gasteiger partial charge >= 0.3 is 0 Å². The second-order valence-corrected chi connectivity index (χ2v) is 7.84. The van der Waals surface area contributed by atoms with E-state index in [-0.39, 0.29) is 24.0 Å². The Hall–Kier alpha value is -0.900. The summed E-state index contributed by atoms with van der Waals surface area (Å²) >= 11 is 0. The number of aliphatic imine (C=N–C) groups is 1. The van der Waals surface area contributed by atoms with Crippen LogP contribution in [0, 0.1) is 0 Å². The van der Waals surface area contributed by atoms with Crippen molar-refractivity contribution in [1.82, 2.24) is 15.6 Å². The van der Waals surface area contributed by atoms with Gasteiger partial charge in [-0.05, 0) is 31.4 Å². The van der Waals surface area contributed by atoms with Crippen molar-refractivity contribution in [3.05, 3.63) is 24.5 Å². The van der Waals surface area contributed by atoms with Crippen molar-refractivity contribution in [3.63, 3.8) is 0 Å². The maximum Gasteiger partial charge on any atom is 0.191 e. The van der Waals surface area contributed by atoms with Crippen molar-refractivity contribution in [3.8, 4) is 5.75 Å². The summed E-state index contributed by atoms with van der Waals surface area (Å²) in [7, 11) is 1.06. The van der Waals surface area contributed by atoms with Gasteiger partial charge in [0.05, 0.1) is 12.7 Å². The highest BCUT2D eigenvalue weighted by Crippen LogP contribution is 2.22. The van der Waals surface area contributed by atoms with Crippen LogP contribution in [0.15, 0.2) is 29.5 Å². The van der Waals surface area contributed by atoms with Crippen LogP contribution >= 0.6 is 24.0 Å². The van der Waals surface area contributed by atoms with Crippen molar-refractivity contribution in [1.29, 1.82) is 0 Å². The predicted octanol–water partition coefficient (Wildman–Crippen LogP) is 2.32. The first-order chi connectivity index (χ1) is 11.7. The molecule has 0 aliphatic heterocycles. The summed E-state index contributed by atoms with van der Waals surface area (Å²) in [6.07, 6.45) is 7.67. The summed E-state index contributed by atoms with van der Waals surface area (Å²) in [4.78, 5) is 8.28. The molecule has 6 nitrogen and oxygen atoms in total. The molecule has 2 rings (SSSR count). The molecule has 1 aliphatic carbocycles. The first-order valence-corrected chi connectivity index (χ1v) is 9.98. The molecule has 1 saturated carbocycles. The molecule has 0 spiro atoms. The lowest BCUT2D eigenvalue weighted by Gasteiger charge is -2.30. The predicted molar refractivity (Wildman–Crippen MR) is 114 cm³/mol. The van der Waals surface area contributed by atoms with Crippen LogP contribution in [0.5, 0.6) is 5.75 Å². The van der Waals surface area contributed by atoms with Gasteiger partial charge in [-0.3, -0.25) is 14.2 Å². The molecular formula is C17H29IN4O2S. The summed E-state index contributed by atoms with van der Waals surface area (Å²) in [6, 6.07) is 4.07. The van der Waals surface area contributed by atoms with Crippen molar-refractivity contribution in [2.75, 3.05) is 26.0 Å². The van der Waals surface area contributed by atoms with Gasteiger partial charge in [-0.2, -0.15) is 0 Å². The number of rotatable bonds is 7. The molecule has 1 fully saturated rings. The zero-order chi connectivity index (χ0) is 17.2. The van der Waals surface area contributed by atoms with E-state index in [1.807, 2.05) is 19.1 Å². The maximum absolute atomic E-state index is 12.0. The number of nitrogens with one attached hydrogen (secondary N) is 2. The second-order valence-electron chi connectivity index (χ2n) is 5.84. The molecule has 8 heteroatoms. The van der Waals surface area contributed by atoms with Gasteiger partial charge in [0, 0.05) is 41.1 Å². The summed E-state index contributed by atoms with van der Waals surface area (Å²) in [6.45, 7) is 3.20. The van der Waals surface area contributed by atoms with Crippen LogP contribution in [-0.4, -0.2) is 52.4 Å². The van der Waals surface area contributed by atoms with Crippen molar-refractivity contribution < 1.29 is 8.95 Å². The molecular weight excluding hydrogens is 451 g/mol. The number of hydrogen-bond donors (Lipinski definition) is 2. The molecule has 0 radical (unpaired) electrons. The lowest BCUT2D eigenvalue weighted by molar-refractivity contribution is 0.320. The van der Waals surface area contributed by atoms with Gasteiger partial charge in [-0.15, -0.1) is 24.0 Å². The molecule has 1 aromatic heterocycles. The van der Waals surface area contributed by atoms with Crippen LogP contribution in [0.3, 0.4) is 0 Å². The number of ether oxygens (including phenoxy) is 1. The molecule has 25 heavy (non-hydrogen) atoms. The van der Waals surface area contributed by atoms with Gasteiger partial charge in [0.1, 0.15) is 12.4 Å². The van der Waals surface area contributed by atoms with Crippen LogP contribution in [-0.2, 0) is 10.8 Å². The van der Waals surface area contributed by atoms with Crippen LogP contribution in [0.4, 0.5) is 0 Å². The average Bonchev–Trinajstić information content (AvgIpc) is 2.64. The fourth-order valence-electron chi connectivity index (χ4n) is 2.91. The Balaban J connectivity index is 0.00000312. The lowest BCUT2D eigenvalue weighted by Crippen LogP contribution is -2.47. The number of halogens is 1. The molecule has 142 valence electrons. The van der Waals surface area contributed by atoms with E-state index < -0.39 is 10.8 Å². The normalized spacial score (nSPS) is 21.8. The summed E-state index contributed by atoms with van der Waals surface area (Å²) in [5.74, 6) is 2.29. The van der Waals surface area contributed by atoms with Crippen LogP contribution in [0.25, 0.3) is 0 Å². The third-order valence-corrected chi connectivity index (χ3v) is 5.89. The highest BCUT2D eigenvalue weighted by atomic mass is 127. The molecule has 1 heterocycles. The van der Waals surface area contributed by atoms with E-state index in [2.05, 4.69) is 20.6 Å². The molecule has 3 unspecified atom stereocenters. The molecule has 1 aliphatic rings. The van der Waals surface area contributed by atoms with Crippen molar-refractivity contribution in [2.24, 2.45) is 4.99 Å². The summed E-state index contributed by atoms with van der Waals surface area (Å²) in [5.41, 5.74) is 0. The smallest absolute Gasteiger partial charge is 0.191 e. The number of aromatic nitrogens is 1. The minimum atomic E-state index is -0.705. The van der Waals surface area contributed by atoms with Crippen LogP contribution in [0.2, 0.25) is 0 Å². The van der Waals surface area contributed by atoms with Gasteiger partial charge in [0.15, 0.2) is 5.96 Å². The topological polar surface area (TPSA) is 75.6 Å². The Bertz CT molecular complexity index is 545. The SMILES string of the molecule is CCS(=O)C1CCCC(NC(=NC)NCCOc2cccnc2)C1.I. The maximum atomic E-state index is 12.0. The monoisotopic (exact) mass is 480 g/mol. The second kappa shape index (κ2) is 12.5. The van der Waals surface area contributed by atoms with E-state index >= 15 is 0 Å². The fourth-order valence-corrected chi connectivity index (χ4v) is 4.26. The van der Waals surface area contributed by atoms with E-state index in [0.29, 0.717) is 24.4 Å². The van der Waals surface area contributed by atoms with E-state index in [0.717, 1.165) is 43.1 Å². The molecule has 0 bridgehead atoms. The summed E-state index contributed by atoms with van der Waals surface area (Å²) < 4.78 is 17.6. The van der Waals surface area contributed by atoms with E-state index in [4.69, 9.17) is 4.74 Å². The highest BCUT2D eigenvalue weighted by Gasteiger charge is 2.25. The van der Waals surface area contributed by atoms with Crippen LogP contribution in [0.1, 0.15) is 32.6 Å². The Kier molecular flexibility index (Phi) is 11.0. The minimum absolute atomic E-state index is 0. The Morgan fingerprint density at radius 3 is 3.00 bits per heavy atom. The Morgan fingerprint density at radius 2 is 2.32 bits per heavy atom. The fraction of sp³-hybridized carbons (Fsp3) is 0.647. The molecule has 1 aromatic rings. The molecule has 0 aromatic carbocycles. The Morgan fingerprint density at radius 1 is 1.48 bits per heavy atom. The zero-order valence-corrected chi connectivity index (χ0v) is 18.1. The first kappa shape index (κ1) is 22.1. The zero-order valence-electron chi connectivity index (χ0n) is 14.9. The highest BCUT2D eigenvalue weighted by molar-refractivity contribution is 14.0. The molecule has 0 saturated heterocycles. The number of pyridine rings is 1. The molecule has 0 amide bonds. The standard InChI is InChI=1S/C17H28N4O2S.HI/c1-3-24(22)16-8-4-6-14(12-16)21-17(18-2)20-10-11-23-15-7-5-9-19-13-15;/h5,7,9,13-14,16H,3-4,6,8,10-12H2,1-2H3,(H2,18,20,21);1H. The van der Waals surface area contributed by atoms with Crippen LogP contribution < -0.4 is 15.4 Å². The largest absolute Gasteiger partial charge is 0.490 e. The quantitative estimate of drug-likeness (QED) is 0.271. The van der Waals surface area contributed by atoms with Gasteiger partial charge in [-0.1, -0.05) is 13.3 Å². The summed E-state index contributed by atoms with van der Waals surface area (Å²) in [5, 5.41) is 7.03. The lowest BCUT2D eigenvalue weighted by atomic mass is 9.95. The van der Waals surface area contributed by atoms with Gasteiger partial charge < -0.3 is 15.4 Å². The van der Waals surface area contributed by atoms with Gasteiger partial charge in [0.2, 0.25) is 0 Å². The van der Waals surface area contributed by atoms with Crippen molar-refractivity contribution >= 4 is 40.7 Å².